The third-order valence-corrected chi connectivity index (χ3v) is 8.25. The maximum atomic E-state index is 13.3. The molecule has 0 saturated carbocycles. The molecule has 0 unspecified atom stereocenters. The number of carbonyl (C=O) groups excluding carboxylic acids is 2. The van der Waals surface area contributed by atoms with Gasteiger partial charge in [0.15, 0.2) is 0 Å². The van der Waals surface area contributed by atoms with Gasteiger partial charge in [-0.3, -0.25) is 18.7 Å². The monoisotopic (exact) mass is 582 g/mol. The van der Waals surface area contributed by atoms with E-state index in [1.165, 1.54) is 35.0 Å². The summed E-state index contributed by atoms with van der Waals surface area (Å²) in [5.74, 6) is -0.932. The minimum atomic E-state index is -4.90. The lowest BCUT2D eigenvalue weighted by molar-refractivity contribution is 0.101. The zero-order valence-electron chi connectivity index (χ0n) is 21.0. The Morgan fingerprint density at radius 1 is 0.825 bits per heavy atom. The van der Waals surface area contributed by atoms with Crippen LogP contribution in [0.5, 0.6) is 0 Å². The Kier molecular flexibility index (Phi) is 6.30. The number of nitrogen functional groups attached to an aromatic ring is 1. The molecule has 0 radical (unpaired) electrons. The minimum absolute atomic E-state index is 0.0733. The fourth-order valence-corrected chi connectivity index (χ4v) is 5.93. The number of aromatic nitrogens is 2. The molecule has 14 heteroatoms. The van der Waals surface area contributed by atoms with E-state index in [9.17, 15) is 35.5 Å². The van der Waals surface area contributed by atoms with Gasteiger partial charge in [-0.1, -0.05) is 6.07 Å². The minimum Gasteiger partial charge on any atom is -0.399 e. The van der Waals surface area contributed by atoms with Gasteiger partial charge in [0.1, 0.15) is 10.6 Å². The van der Waals surface area contributed by atoms with Gasteiger partial charge in [-0.25, -0.2) is 0 Å². The smallest absolute Gasteiger partial charge is 0.295 e. The van der Waals surface area contributed by atoms with E-state index in [1.807, 2.05) is 6.07 Å². The fourth-order valence-electron chi connectivity index (χ4n) is 4.58. The van der Waals surface area contributed by atoms with E-state index in [0.29, 0.717) is 17.4 Å². The van der Waals surface area contributed by atoms with Gasteiger partial charge < -0.3 is 20.2 Å². The van der Waals surface area contributed by atoms with Gasteiger partial charge in [0, 0.05) is 53.5 Å². The second-order valence-electron chi connectivity index (χ2n) is 9.22. The predicted octanol–water partition coefficient (Wildman–Crippen LogP) is 3.23. The molecule has 2 aromatic heterocycles. The lowest BCUT2D eigenvalue weighted by atomic mass is 10.1. The van der Waals surface area contributed by atoms with Gasteiger partial charge in [-0.2, -0.15) is 16.8 Å². The number of hydrogen-bond acceptors (Lipinski definition) is 7. The first-order valence-electron chi connectivity index (χ1n) is 11.5. The molecule has 40 heavy (non-hydrogen) atoms. The number of nitrogens with two attached hydrogens (primary N) is 1. The molecule has 5 rings (SSSR count). The number of amides is 1. The molecule has 0 aliphatic rings. The van der Waals surface area contributed by atoms with Crippen molar-refractivity contribution in [3.8, 4) is 0 Å². The Labute approximate surface area is 228 Å². The Hall–Kier alpha value is -4.50. The van der Waals surface area contributed by atoms with Crippen LogP contribution in [0.3, 0.4) is 0 Å². The molecule has 0 aliphatic heterocycles. The number of fused-ring (bicyclic) bond motifs is 2. The Balaban J connectivity index is 1.48. The van der Waals surface area contributed by atoms with E-state index in [0.717, 1.165) is 17.0 Å². The molecule has 0 fully saturated rings. The summed E-state index contributed by atoms with van der Waals surface area (Å²) >= 11 is 0. The average Bonchev–Trinajstić information content (AvgIpc) is 3.41. The molecule has 0 spiro atoms. The van der Waals surface area contributed by atoms with E-state index in [1.54, 1.807) is 36.9 Å². The number of aryl methyl sites for hydroxylation is 2. The van der Waals surface area contributed by atoms with Crippen molar-refractivity contribution < 1.29 is 35.5 Å². The Morgan fingerprint density at radius 3 is 2.23 bits per heavy atom. The highest BCUT2D eigenvalue weighted by atomic mass is 32.2. The lowest BCUT2D eigenvalue weighted by Gasteiger charge is -2.10. The van der Waals surface area contributed by atoms with Crippen molar-refractivity contribution in [2.45, 2.75) is 9.79 Å². The van der Waals surface area contributed by atoms with Crippen LogP contribution in [0.25, 0.3) is 21.7 Å². The summed E-state index contributed by atoms with van der Waals surface area (Å²) in [7, 11) is -6.33. The van der Waals surface area contributed by atoms with Gasteiger partial charge in [0.05, 0.1) is 10.6 Å². The zero-order valence-corrected chi connectivity index (χ0v) is 22.6. The molecular formula is C26H22N4O8S2. The summed E-state index contributed by atoms with van der Waals surface area (Å²) in [6.07, 6.45) is 1.51. The van der Waals surface area contributed by atoms with Crippen molar-refractivity contribution in [3.63, 3.8) is 0 Å². The number of anilines is 2. The van der Waals surface area contributed by atoms with Gasteiger partial charge in [0.25, 0.3) is 26.1 Å². The van der Waals surface area contributed by atoms with Crippen LogP contribution >= 0.6 is 0 Å². The van der Waals surface area contributed by atoms with Crippen molar-refractivity contribution in [2.75, 3.05) is 11.1 Å². The summed E-state index contributed by atoms with van der Waals surface area (Å²) in [4.78, 5) is 24.9. The average molecular weight is 583 g/mol. The molecule has 206 valence electrons. The topological polar surface area (TPSA) is 191 Å². The maximum absolute atomic E-state index is 13.3. The zero-order chi connectivity index (χ0) is 29.1. The van der Waals surface area contributed by atoms with Crippen LogP contribution in [-0.2, 0) is 34.3 Å². The largest absolute Gasteiger partial charge is 0.399 e. The molecule has 0 saturated heterocycles. The third-order valence-electron chi connectivity index (χ3n) is 6.52. The molecule has 3 aromatic carbocycles. The van der Waals surface area contributed by atoms with Crippen LogP contribution in [0.15, 0.2) is 76.7 Å². The van der Waals surface area contributed by atoms with Crippen molar-refractivity contribution >= 4 is 65.0 Å². The number of ketones is 1. The van der Waals surface area contributed by atoms with E-state index >= 15 is 0 Å². The van der Waals surface area contributed by atoms with E-state index in [4.69, 9.17) is 5.73 Å². The number of nitrogens with zero attached hydrogens (tertiary/aromatic N) is 2. The molecule has 0 aliphatic carbocycles. The summed E-state index contributed by atoms with van der Waals surface area (Å²) in [5.41, 5.74) is 8.15. The number of nitrogens with one attached hydrogen (secondary N) is 1. The number of carbonyl (C=O) groups is 2. The molecule has 0 atom stereocenters. The molecular weight excluding hydrogens is 560 g/mol. The summed E-state index contributed by atoms with van der Waals surface area (Å²) in [5, 5.41) is 3.39. The van der Waals surface area contributed by atoms with Crippen molar-refractivity contribution in [2.24, 2.45) is 14.1 Å². The molecule has 2 heterocycles. The van der Waals surface area contributed by atoms with Crippen LogP contribution in [-0.4, -0.2) is 46.8 Å². The lowest BCUT2D eigenvalue weighted by Crippen LogP contribution is -2.15. The van der Waals surface area contributed by atoms with E-state index < -0.39 is 35.9 Å². The van der Waals surface area contributed by atoms with Crippen LogP contribution in [0, 0.1) is 0 Å². The fraction of sp³-hybridized carbons (Fsp3) is 0.0769. The number of benzene rings is 3. The third kappa shape index (κ3) is 4.84. The van der Waals surface area contributed by atoms with Crippen LogP contribution in [0.4, 0.5) is 11.4 Å². The highest BCUT2D eigenvalue weighted by molar-refractivity contribution is 7.86. The summed E-state index contributed by atoms with van der Waals surface area (Å²) < 4.78 is 69.2. The Bertz CT molecular complexity index is 2110. The Morgan fingerprint density at radius 2 is 1.55 bits per heavy atom. The molecule has 5 N–H and O–H groups in total. The number of hydrogen-bond donors (Lipinski definition) is 4. The highest BCUT2D eigenvalue weighted by Crippen LogP contribution is 2.30. The van der Waals surface area contributed by atoms with E-state index in [-0.39, 0.29) is 33.5 Å². The highest BCUT2D eigenvalue weighted by Gasteiger charge is 2.23. The van der Waals surface area contributed by atoms with Gasteiger partial charge >= 0.3 is 0 Å². The first-order valence-corrected chi connectivity index (χ1v) is 14.4. The van der Waals surface area contributed by atoms with Gasteiger partial charge in [-0.15, -0.1) is 0 Å². The maximum Gasteiger partial charge on any atom is 0.295 e. The molecule has 1 amide bonds. The van der Waals surface area contributed by atoms with Crippen LogP contribution in [0.1, 0.15) is 26.5 Å². The van der Waals surface area contributed by atoms with Crippen LogP contribution in [0.2, 0.25) is 0 Å². The number of rotatable bonds is 6. The predicted molar refractivity (Wildman–Crippen MR) is 148 cm³/mol. The second kappa shape index (κ2) is 9.31. The van der Waals surface area contributed by atoms with Crippen molar-refractivity contribution in [1.82, 2.24) is 9.13 Å². The second-order valence-corrected chi connectivity index (χ2v) is 12.0. The molecule has 5 aromatic rings. The normalized spacial score (nSPS) is 12.2. The van der Waals surface area contributed by atoms with Crippen molar-refractivity contribution in [3.05, 3.63) is 83.8 Å². The van der Waals surface area contributed by atoms with E-state index in [2.05, 4.69) is 5.32 Å². The quantitative estimate of drug-likeness (QED) is 0.132. The van der Waals surface area contributed by atoms with Crippen molar-refractivity contribution in [1.29, 1.82) is 0 Å². The standard InChI is InChI=1S/C26H22N4O8S2/c1-29-13-16(25(31)22-9-15-7-17(27)4-6-21(15)30(22)2)10-23(29)26(32)28-18-5-3-14-8-19(39(33,34)35)12-24(20(14)11-18)40(36,37)38/h3-13H,27H2,1-2H3,(H,28,32)(H,33,34,35)(H,36,37,38). The van der Waals surface area contributed by atoms with Gasteiger partial charge in [-0.05, 0) is 60.0 Å². The van der Waals surface area contributed by atoms with Gasteiger partial charge in [0.2, 0.25) is 5.78 Å². The summed E-state index contributed by atoms with van der Waals surface area (Å²) in [6, 6.07) is 14.0. The first-order chi connectivity index (χ1) is 18.6. The molecule has 12 nitrogen and oxygen atoms in total. The molecule has 0 bridgehead atoms. The summed E-state index contributed by atoms with van der Waals surface area (Å²) in [6.45, 7) is 0. The SMILES string of the molecule is Cn1cc(C(=O)c2cc3cc(N)ccc3n2C)cc1C(=O)Nc1ccc2cc(S(=O)(=O)O)cc(S(=O)(=O)O)c2c1. The first kappa shape index (κ1) is 27.1. The van der Waals surface area contributed by atoms with Crippen LogP contribution < -0.4 is 11.1 Å².